The zero-order chi connectivity index (χ0) is 32.6. The lowest BCUT2D eigenvalue weighted by atomic mass is 10.0. The summed E-state index contributed by atoms with van der Waals surface area (Å²) in [5.74, 6) is -5.15. The quantitative estimate of drug-likeness (QED) is 0.0556. The lowest BCUT2D eigenvalue weighted by Crippen LogP contribution is -2.57. The molecule has 0 aliphatic rings. The molecule has 0 fully saturated rings. The molecule has 44 heavy (non-hydrogen) atoms. The van der Waals surface area contributed by atoms with E-state index >= 15 is 0 Å². The number of carbonyl (C=O) groups is 5. The summed E-state index contributed by atoms with van der Waals surface area (Å²) >= 11 is 0. The Hall–Kier alpha value is -5.18. The van der Waals surface area contributed by atoms with E-state index in [1.54, 1.807) is 24.3 Å². The normalized spacial score (nSPS) is 13.4. The first-order valence-corrected chi connectivity index (χ1v) is 13.8. The van der Waals surface area contributed by atoms with E-state index in [0.29, 0.717) is 5.56 Å². The number of carbonyl (C=O) groups excluding carboxylic acids is 3. The Balaban J connectivity index is 2.26. The van der Waals surface area contributed by atoms with Gasteiger partial charge in [-0.05, 0) is 48.9 Å². The number of carboxylic acids is 2. The van der Waals surface area contributed by atoms with Crippen molar-refractivity contribution >= 4 is 35.6 Å². The number of guanidine groups is 1. The third kappa shape index (κ3) is 12.8. The fourth-order valence-corrected chi connectivity index (χ4v) is 4.16. The van der Waals surface area contributed by atoms with Crippen LogP contribution in [0, 0.1) is 0 Å². The molecule has 0 aliphatic heterocycles. The Morgan fingerprint density at radius 2 is 1.30 bits per heavy atom. The molecule has 15 nitrogen and oxygen atoms in total. The van der Waals surface area contributed by atoms with Crippen LogP contribution in [0.5, 0.6) is 5.75 Å². The second-order valence-corrected chi connectivity index (χ2v) is 10.1. The zero-order valence-electron chi connectivity index (χ0n) is 24.0. The maximum atomic E-state index is 13.5. The van der Waals surface area contributed by atoms with E-state index in [4.69, 9.17) is 22.3 Å². The van der Waals surface area contributed by atoms with E-state index in [9.17, 15) is 34.2 Å². The van der Waals surface area contributed by atoms with Crippen molar-refractivity contribution in [2.24, 2.45) is 22.2 Å². The van der Waals surface area contributed by atoms with Crippen molar-refractivity contribution in [3.05, 3.63) is 65.7 Å². The number of aromatic hydroxyl groups is 1. The molecule has 0 aliphatic carbocycles. The van der Waals surface area contributed by atoms with Gasteiger partial charge in [-0.3, -0.25) is 24.2 Å². The van der Waals surface area contributed by atoms with Gasteiger partial charge < -0.3 is 48.5 Å². The fraction of sp³-hybridized carbons (Fsp3) is 0.379. The zero-order valence-corrected chi connectivity index (χ0v) is 24.0. The molecule has 2 aromatic rings. The SMILES string of the molecule is NC(N)=NCCCC(NC(=O)C(N)Cc1ccccc1)C(=O)NC(Cc1ccc(O)cc1)C(=O)NC(CCC(=O)O)C(=O)O. The largest absolute Gasteiger partial charge is 0.508 e. The van der Waals surface area contributed by atoms with Crippen LogP contribution in [0.25, 0.3) is 0 Å². The van der Waals surface area contributed by atoms with Crippen LogP contribution in [0.3, 0.4) is 0 Å². The third-order valence-corrected chi connectivity index (χ3v) is 6.48. The van der Waals surface area contributed by atoms with E-state index in [-0.39, 0.29) is 50.4 Å². The Bertz CT molecular complexity index is 1300. The van der Waals surface area contributed by atoms with Gasteiger partial charge in [0.2, 0.25) is 17.7 Å². The minimum Gasteiger partial charge on any atom is -0.508 e. The first kappa shape index (κ1) is 35.0. The van der Waals surface area contributed by atoms with Gasteiger partial charge in [0.05, 0.1) is 6.04 Å². The number of nitrogens with zero attached hydrogens (tertiary/aromatic N) is 1. The van der Waals surface area contributed by atoms with Crippen LogP contribution in [-0.2, 0) is 36.8 Å². The van der Waals surface area contributed by atoms with Crippen LogP contribution in [0.15, 0.2) is 59.6 Å². The number of aliphatic imine (C=N–C) groups is 1. The molecule has 2 rings (SSSR count). The first-order chi connectivity index (χ1) is 20.8. The predicted octanol–water partition coefficient (Wildman–Crippen LogP) is -1.04. The molecule has 15 heteroatoms. The van der Waals surface area contributed by atoms with Gasteiger partial charge in [0.25, 0.3) is 0 Å². The molecule has 3 amide bonds. The number of phenolic OH excluding ortho intramolecular Hbond substituents is 1. The summed E-state index contributed by atoms with van der Waals surface area (Å²) in [5, 5.41) is 35.6. The molecule has 0 bridgehead atoms. The number of hydrogen-bond donors (Lipinski definition) is 9. The maximum absolute atomic E-state index is 13.5. The summed E-state index contributed by atoms with van der Waals surface area (Å²) in [6, 6.07) is 9.77. The number of benzene rings is 2. The van der Waals surface area contributed by atoms with Crippen molar-refractivity contribution in [2.45, 2.75) is 62.7 Å². The van der Waals surface area contributed by atoms with Crippen LogP contribution >= 0.6 is 0 Å². The average Bonchev–Trinajstić information content (AvgIpc) is 2.97. The highest BCUT2D eigenvalue weighted by atomic mass is 16.4. The highest BCUT2D eigenvalue weighted by Crippen LogP contribution is 2.13. The second-order valence-electron chi connectivity index (χ2n) is 10.1. The number of carboxylic acid groups (broad SMARTS) is 2. The monoisotopic (exact) mass is 613 g/mol. The average molecular weight is 614 g/mol. The van der Waals surface area contributed by atoms with Gasteiger partial charge in [-0.2, -0.15) is 0 Å². The Labute approximate surface area is 253 Å². The molecule has 2 aromatic carbocycles. The molecule has 238 valence electrons. The predicted molar refractivity (Wildman–Crippen MR) is 160 cm³/mol. The van der Waals surface area contributed by atoms with E-state index in [2.05, 4.69) is 20.9 Å². The Morgan fingerprint density at radius 3 is 1.89 bits per heavy atom. The number of nitrogens with two attached hydrogens (primary N) is 3. The van der Waals surface area contributed by atoms with Crippen molar-refractivity contribution in [1.82, 2.24) is 16.0 Å². The van der Waals surface area contributed by atoms with Crippen molar-refractivity contribution in [2.75, 3.05) is 6.54 Å². The van der Waals surface area contributed by atoms with Crippen LogP contribution in [0.4, 0.5) is 0 Å². The minimum absolute atomic E-state index is 0.0335. The molecule has 0 radical (unpaired) electrons. The number of hydrogen-bond acceptors (Lipinski definition) is 8. The van der Waals surface area contributed by atoms with Gasteiger partial charge in [0.15, 0.2) is 5.96 Å². The van der Waals surface area contributed by atoms with Gasteiger partial charge in [-0.15, -0.1) is 0 Å². The van der Waals surface area contributed by atoms with Crippen LogP contribution < -0.4 is 33.2 Å². The number of nitrogens with one attached hydrogen (secondary N) is 3. The van der Waals surface area contributed by atoms with Crippen molar-refractivity contribution in [1.29, 1.82) is 0 Å². The number of aliphatic carboxylic acids is 2. The standard InChI is InChI=1S/C29H39N7O8/c30-20(15-17-5-2-1-3-6-17)25(40)34-21(7-4-14-33-29(31)32)26(41)36-23(16-18-8-10-19(37)11-9-18)27(42)35-22(28(43)44)12-13-24(38)39/h1-3,5-6,8-11,20-23,37H,4,7,12-16,30H2,(H,34,40)(H,35,42)(H,36,41)(H,38,39)(H,43,44)(H4,31,32,33). The molecule has 0 saturated carbocycles. The topological polar surface area (TPSA) is 273 Å². The van der Waals surface area contributed by atoms with Crippen LogP contribution in [0.1, 0.15) is 36.8 Å². The smallest absolute Gasteiger partial charge is 0.326 e. The van der Waals surface area contributed by atoms with Crippen LogP contribution in [-0.4, -0.2) is 81.7 Å². The molecule has 0 spiro atoms. The highest BCUT2D eigenvalue weighted by molar-refractivity contribution is 5.94. The summed E-state index contributed by atoms with van der Waals surface area (Å²) in [5.41, 5.74) is 18.2. The number of amides is 3. The van der Waals surface area contributed by atoms with E-state index < -0.39 is 60.2 Å². The van der Waals surface area contributed by atoms with Crippen LogP contribution in [0.2, 0.25) is 0 Å². The molecular formula is C29H39N7O8. The minimum atomic E-state index is -1.54. The van der Waals surface area contributed by atoms with Crippen molar-refractivity contribution in [3.63, 3.8) is 0 Å². The summed E-state index contributed by atoms with van der Waals surface area (Å²) in [6.45, 7) is 0.152. The van der Waals surface area contributed by atoms with Crippen molar-refractivity contribution < 1.29 is 39.3 Å². The molecule has 4 atom stereocenters. The summed E-state index contributed by atoms with van der Waals surface area (Å²) in [7, 11) is 0. The van der Waals surface area contributed by atoms with Crippen molar-refractivity contribution in [3.8, 4) is 5.75 Å². The van der Waals surface area contributed by atoms with Gasteiger partial charge >= 0.3 is 11.9 Å². The molecule has 0 saturated heterocycles. The van der Waals surface area contributed by atoms with E-state index in [1.165, 1.54) is 24.3 Å². The highest BCUT2D eigenvalue weighted by Gasteiger charge is 2.30. The lowest BCUT2D eigenvalue weighted by Gasteiger charge is -2.25. The Morgan fingerprint density at radius 1 is 0.727 bits per heavy atom. The lowest BCUT2D eigenvalue weighted by molar-refractivity contribution is -0.143. The molecule has 0 aromatic heterocycles. The maximum Gasteiger partial charge on any atom is 0.326 e. The molecule has 0 heterocycles. The van der Waals surface area contributed by atoms with Gasteiger partial charge in [-0.1, -0.05) is 42.5 Å². The van der Waals surface area contributed by atoms with Gasteiger partial charge in [-0.25, -0.2) is 4.79 Å². The van der Waals surface area contributed by atoms with Gasteiger partial charge in [0.1, 0.15) is 23.9 Å². The fourth-order valence-electron chi connectivity index (χ4n) is 4.16. The Kier molecular flexibility index (Phi) is 14.1. The third-order valence-electron chi connectivity index (χ3n) is 6.48. The summed E-state index contributed by atoms with van der Waals surface area (Å²) < 4.78 is 0. The molecule has 4 unspecified atom stereocenters. The molecule has 12 N–H and O–H groups in total. The second kappa shape index (κ2) is 17.7. The number of phenols is 1. The summed E-state index contributed by atoms with van der Waals surface area (Å²) in [6.07, 6.45) is -0.483. The molecular weight excluding hydrogens is 574 g/mol. The number of rotatable bonds is 18. The van der Waals surface area contributed by atoms with Gasteiger partial charge in [0, 0.05) is 19.4 Å². The van der Waals surface area contributed by atoms with E-state index in [0.717, 1.165) is 5.56 Å². The summed E-state index contributed by atoms with van der Waals surface area (Å²) in [4.78, 5) is 66.3. The van der Waals surface area contributed by atoms with E-state index in [1.807, 2.05) is 6.07 Å². The first-order valence-electron chi connectivity index (χ1n) is 13.8.